The molecule has 0 aliphatic heterocycles. The predicted octanol–water partition coefficient (Wildman–Crippen LogP) is 6.79. The van der Waals surface area contributed by atoms with Gasteiger partial charge in [-0.05, 0) is 53.7 Å². The molecule has 3 aromatic heterocycles. The van der Waals surface area contributed by atoms with Crippen LogP contribution in [0.4, 0.5) is 26.6 Å². The molecule has 0 spiro atoms. The first-order chi connectivity index (χ1) is 19.1. The third-order valence-electron chi connectivity index (χ3n) is 5.29. The summed E-state index contributed by atoms with van der Waals surface area (Å²) in [7, 11) is 0. The molecule has 11 nitrogen and oxygen atoms in total. The lowest BCUT2D eigenvalue weighted by Crippen LogP contribution is -2.40. The molecule has 1 amide bonds. The molecule has 1 aromatic carbocycles. The molecule has 14 heteroatoms. The summed E-state index contributed by atoms with van der Waals surface area (Å²) >= 11 is 12.7. The van der Waals surface area contributed by atoms with Crippen molar-refractivity contribution in [2.24, 2.45) is 0 Å². The van der Waals surface area contributed by atoms with Crippen molar-refractivity contribution in [3.63, 3.8) is 0 Å². The molecule has 1 N–H and O–H groups in total. The van der Waals surface area contributed by atoms with Gasteiger partial charge in [0.05, 0.1) is 38.9 Å². The number of ether oxygens (including phenoxy) is 2. The quantitative estimate of drug-likeness (QED) is 0.238. The molecule has 0 bridgehead atoms. The van der Waals surface area contributed by atoms with Crippen molar-refractivity contribution in [2.75, 3.05) is 16.9 Å². The molecule has 0 saturated carbocycles. The summed E-state index contributed by atoms with van der Waals surface area (Å²) in [5, 5.41) is 17.1. The molecule has 3 heterocycles. The van der Waals surface area contributed by atoms with Crippen molar-refractivity contribution in [3.05, 3.63) is 58.3 Å². The Morgan fingerprint density at radius 3 is 2.39 bits per heavy atom. The van der Waals surface area contributed by atoms with Crippen LogP contribution in [0.15, 0.2) is 36.9 Å². The van der Waals surface area contributed by atoms with Gasteiger partial charge in [0.2, 0.25) is 0 Å². The van der Waals surface area contributed by atoms with E-state index in [0.29, 0.717) is 5.39 Å². The number of pyridine rings is 1. The Balaban J connectivity index is 1.71. The minimum atomic E-state index is -0.754. The summed E-state index contributed by atoms with van der Waals surface area (Å²) in [6.07, 6.45) is 3.10. The number of nitrogens with one attached hydrogen (secondary N) is 1. The molecule has 41 heavy (non-hydrogen) atoms. The molecule has 0 fully saturated rings. The fraction of sp³-hybridized carbons (Fsp3) is 0.333. The van der Waals surface area contributed by atoms with Crippen LogP contribution >= 0.6 is 23.2 Å². The molecule has 0 radical (unpaired) electrons. The first-order valence-electron chi connectivity index (χ1n) is 12.3. The third-order valence-corrected chi connectivity index (χ3v) is 5.87. The number of nitriles is 1. The monoisotopic (exact) mass is 600 g/mol. The highest BCUT2D eigenvalue weighted by molar-refractivity contribution is 6.38. The van der Waals surface area contributed by atoms with Gasteiger partial charge >= 0.3 is 6.09 Å². The van der Waals surface area contributed by atoms with Gasteiger partial charge in [0.25, 0.3) is 0 Å². The average molecular weight is 601 g/mol. The van der Waals surface area contributed by atoms with Crippen LogP contribution in [0.2, 0.25) is 10.0 Å². The number of hydrogen-bond donors (Lipinski definition) is 1. The van der Waals surface area contributed by atoms with Crippen LogP contribution in [-0.2, 0) is 9.47 Å². The second-order valence-electron chi connectivity index (χ2n) is 10.9. The highest BCUT2D eigenvalue weighted by atomic mass is 35.5. The Kier molecular flexibility index (Phi) is 8.35. The molecular formula is C27H27Cl2FN8O3. The smallest absolute Gasteiger partial charge is 0.417 e. The van der Waals surface area contributed by atoms with Crippen LogP contribution in [0.5, 0.6) is 0 Å². The predicted molar refractivity (Wildman–Crippen MR) is 153 cm³/mol. The zero-order valence-corrected chi connectivity index (χ0v) is 24.7. The van der Waals surface area contributed by atoms with Gasteiger partial charge in [0, 0.05) is 12.3 Å². The normalized spacial score (nSPS) is 11.8. The van der Waals surface area contributed by atoms with Gasteiger partial charge in [-0.1, -0.05) is 23.2 Å². The van der Waals surface area contributed by atoms with E-state index in [2.05, 4.69) is 25.4 Å². The average Bonchev–Trinajstić information content (AvgIpc) is 3.30. The van der Waals surface area contributed by atoms with E-state index in [0.717, 1.165) is 6.20 Å². The van der Waals surface area contributed by atoms with Crippen molar-refractivity contribution in [3.8, 4) is 11.8 Å². The van der Waals surface area contributed by atoms with Gasteiger partial charge in [0.15, 0.2) is 5.82 Å². The van der Waals surface area contributed by atoms with E-state index >= 15 is 0 Å². The number of rotatable bonds is 6. The van der Waals surface area contributed by atoms with Crippen LogP contribution in [0.3, 0.4) is 0 Å². The van der Waals surface area contributed by atoms with E-state index < -0.39 is 23.1 Å². The van der Waals surface area contributed by atoms with E-state index in [1.165, 1.54) is 40.3 Å². The zero-order chi connectivity index (χ0) is 30.1. The first-order valence-corrected chi connectivity index (χ1v) is 13.1. The van der Waals surface area contributed by atoms with Crippen molar-refractivity contribution < 1.29 is 18.7 Å². The van der Waals surface area contributed by atoms with Gasteiger partial charge in [-0.2, -0.15) is 10.4 Å². The van der Waals surface area contributed by atoms with Crippen molar-refractivity contribution in [2.45, 2.75) is 52.7 Å². The van der Waals surface area contributed by atoms with E-state index in [1.807, 2.05) is 26.8 Å². The Labute approximate surface area is 245 Å². The standard InChI is InChI=1S/C27H27Cl2FN8O3/c1-26(2,3)40-14-37(25(39)41-27(4,5)6)21-9-20(33-13-34-21)35-24-16-12-38(36-22(16)19(30)11-32-24)23-17(28)7-15(10-31)8-18(23)29/h7-9,11-13H,14H2,1-6H3,(H,32,33,34,35). The maximum atomic E-state index is 14.8. The Morgan fingerprint density at radius 1 is 1.10 bits per heavy atom. The minimum absolute atomic E-state index is 0.0118. The van der Waals surface area contributed by atoms with Gasteiger partial charge in [0.1, 0.15) is 47.3 Å². The fourth-order valence-electron chi connectivity index (χ4n) is 3.51. The number of anilines is 3. The highest BCUT2D eigenvalue weighted by Gasteiger charge is 2.27. The number of fused-ring (bicyclic) bond motifs is 1. The third kappa shape index (κ3) is 7.18. The molecule has 214 valence electrons. The lowest BCUT2D eigenvalue weighted by Gasteiger charge is -2.29. The Morgan fingerprint density at radius 2 is 1.78 bits per heavy atom. The van der Waals surface area contributed by atoms with Gasteiger partial charge in [-0.3, -0.25) is 0 Å². The molecule has 4 aromatic rings. The summed E-state index contributed by atoms with van der Waals surface area (Å²) in [6, 6.07) is 6.35. The number of carbonyl (C=O) groups excluding carboxylic acids is 1. The summed E-state index contributed by atoms with van der Waals surface area (Å²) in [4.78, 5) is 26.9. The lowest BCUT2D eigenvalue weighted by molar-refractivity contribution is -0.00771. The van der Waals surface area contributed by atoms with Crippen molar-refractivity contribution in [1.82, 2.24) is 24.7 Å². The van der Waals surface area contributed by atoms with Gasteiger partial charge < -0.3 is 14.8 Å². The summed E-state index contributed by atoms with van der Waals surface area (Å²) in [5.74, 6) is -0.00921. The fourth-order valence-corrected chi connectivity index (χ4v) is 4.17. The largest absolute Gasteiger partial charge is 0.443 e. The van der Waals surface area contributed by atoms with Crippen LogP contribution in [0.25, 0.3) is 16.6 Å². The number of amides is 1. The number of carbonyl (C=O) groups is 1. The van der Waals surface area contributed by atoms with E-state index in [1.54, 1.807) is 20.8 Å². The number of hydrogen-bond acceptors (Lipinski definition) is 9. The molecule has 0 saturated heterocycles. The molecule has 0 atom stereocenters. The lowest BCUT2D eigenvalue weighted by atomic mass is 10.2. The minimum Gasteiger partial charge on any atom is -0.443 e. The van der Waals surface area contributed by atoms with Crippen LogP contribution < -0.4 is 10.2 Å². The van der Waals surface area contributed by atoms with E-state index in [4.69, 9.17) is 32.7 Å². The number of halogens is 3. The maximum Gasteiger partial charge on any atom is 0.417 e. The van der Waals surface area contributed by atoms with E-state index in [-0.39, 0.29) is 51.0 Å². The highest BCUT2D eigenvalue weighted by Crippen LogP contribution is 2.33. The second kappa shape index (κ2) is 11.4. The summed E-state index contributed by atoms with van der Waals surface area (Å²) in [5.41, 5.74) is -0.773. The summed E-state index contributed by atoms with van der Waals surface area (Å²) in [6.45, 7) is 10.7. The summed E-state index contributed by atoms with van der Waals surface area (Å²) < 4.78 is 27.4. The Hall–Kier alpha value is -4.05. The van der Waals surface area contributed by atoms with Gasteiger partial charge in [-0.25, -0.2) is 33.7 Å². The van der Waals surface area contributed by atoms with Crippen molar-refractivity contribution >= 4 is 57.7 Å². The van der Waals surface area contributed by atoms with Crippen LogP contribution in [0, 0.1) is 17.1 Å². The first kappa shape index (κ1) is 29.9. The van der Waals surface area contributed by atoms with Gasteiger partial charge in [-0.15, -0.1) is 0 Å². The number of aromatic nitrogens is 5. The molecular weight excluding hydrogens is 574 g/mol. The molecule has 0 aliphatic carbocycles. The molecule has 4 rings (SSSR count). The topological polar surface area (TPSA) is 131 Å². The molecule has 0 aliphatic rings. The second-order valence-corrected chi connectivity index (χ2v) is 11.7. The Bertz CT molecular complexity index is 1630. The molecule has 0 unspecified atom stereocenters. The van der Waals surface area contributed by atoms with E-state index in [9.17, 15) is 14.4 Å². The maximum absolute atomic E-state index is 14.8. The SMILES string of the molecule is CC(C)(C)OCN(C(=O)OC(C)(C)C)c1cc(Nc2ncc(F)c3nn(-c4c(Cl)cc(C#N)cc4Cl)cc23)ncn1. The number of nitrogens with zero attached hydrogens (tertiary/aromatic N) is 7. The van der Waals surface area contributed by atoms with Crippen LogP contribution in [-0.4, -0.2) is 48.8 Å². The number of benzene rings is 1. The van der Waals surface area contributed by atoms with Crippen LogP contribution in [0.1, 0.15) is 47.1 Å². The van der Waals surface area contributed by atoms with Crippen molar-refractivity contribution in [1.29, 1.82) is 5.26 Å². The zero-order valence-electron chi connectivity index (χ0n) is 23.2.